The number of amides is 2. The van der Waals surface area contributed by atoms with E-state index in [1.807, 2.05) is 48.5 Å². The smallest absolute Gasteiger partial charge is 0.335 e. The molecule has 2 bridgehead atoms. The standard InChI is InChI=1S/C27H19NO5/c1-14(29)27-19-11-4-2-9-17(19)21(18-10-3-5-12-20(18)27)22-23(27)25(31)28(24(22)30)16-8-6-7-15(13-16)26(32)33/h2-13,21-23H,1H3,(H,32,33)/t21?,22-,23-,27?/m0/s1. The summed E-state index contributed by atoms with van der Waals surface area (Å²) < 4.78 is 0. The summed E-state index contributed by atoms with van der Waals surface area (Å²) in [4.78, 5) is 53.9. The van der Waals surface area contributed by atoms with Crippen LogP contribution in [-0.4, -0.2) is 28.7 Å². The molecule has 1 fully saturated rings. The zero-order valence-corrected chi connectivity index (χ0v) is 17.7. The van der Waals surface area contributed by atoms with Crippen molar-refractivity contribution in [3.05, 3.63) is 101 Å². The second-order valence-electron chi connectivity index (χ2n) is 8.89. The molecule has 0 saturated carbocycles. The van der Waals surface area contributed by atoms with Gasteiger partial charge >= 0.3 is 5.97 Å². The van der Waals surface area contributed by atoms with E-state index in [1.54, 1.807) is 6.07 Å². The first-order chi connectivity index (χ1) is 15.9. The molecule has 0 radical (unpaired) electrons. The van der Waals surface area contributed by atoms with Crippen molar-refractivity contribution in [1.29, 1.82) is 0 Å². The molecule has 3 aromatic carbocycles. The van der Waals surface area contributed by atoms with E-state index >= 15 is 0 Å². The minimum Gasteiger partial charge on any atom is -0.478 e. The third-order valence-electron chi connectivity index (χ3n) is 7.52. The fourth-order valence-electron chi connectivity index (χ4n) is 6.40. The van der Waals surface area contributed by atoms with Crippen LogP contribution in [0.2, 0.25) is 0 Å². The van der Waals surface area contributed by atoms with Gasteiger partial charge in [0.2, 0.25) is 11.8 Å². The molecule has 0 spiro atoms. The Morgan fingerprint density at radius 2 is 1.45 bits per heavy atom. The maximum atomic E-state index is 14.0. The fraction of sp³-hybridized carbons (Fsp3) is 0.185. The normalized spacial score (nSPS) is 26.6. The average Bonchev–Trinajstić information content (AvgIpc) is 3.09. The molecule has 3 aromatic rings. The van der Waals surface area contributed by atoms with Crippen molar-refractivity contribution >= 4 is 29.3 Å². The summed E-state index contributed by atoms with van der Waals surface area (Å²) in [6.45, 7) is 1.49. The molecule has 0 unspecified atom stereocenters. The van der Waals surface area contributed by atoms with Crippen LogP contribution < -0.4 is 4.90 Å². The van der Waals surface area contributed by atoms with Crippen molar-refractivity contribution in [3.63, 3.8) is 0 Å². The highest BCUT2D eigenvalue weighted by Crippen LogP contribution is 2.64. The van der Waals surface area contributed by atoms with Crippen LogP contribution in [0, 0.1) is 11.8 Å². The van der Waals surface area contributed by atoms with E-state index in [0.29, 0.717) is 0 Å². The molecule has 4 aliphatic rings. The van der Waals surface area contributed by atoms with Gasteiger partial charge in [0, 0.05) is 5.92 Å². The molecular weight excluding hydrogens is 418 g/mol. The summed E-state index contributed by atoms with van der Waals surface area (Å²) in [7, 11) is 0. The van der Waals surface area contributed by atoms with Crippen molar-refractivity contribution in [2.45, 2.75) is 18.3 Å². The lowest BCUT2D eigenvalue weighted by molar-refractivity contribution is -0.132. The second-order valence-corrected chi connectivity index (χ2v) is 8.89. The van der Waals surface area contributed by atoms with Crippen LogP contribution in [-0.2, 0) is 19.8 Å². The van der Waals surface area contributed by atoms with Crippen molar-refractivity contribution in [2.24, 2.45) is 11.8 Å². The minimum absolute atomic E-state index is 0.0150. The number of aromatic carboxylic acids is 1. The molecule has 0 aromatic heterocycles. The summed E-state index contributed by atoms with van der Waals surface area (Å²) in [5.41, 5.74) is 2.29. The first-order valence-corrected chi connectivity index (χ1v) is 10.8. The van der Waals surface area contributed by atoms with Gasteiger partial charge < -0.3 is 5.11 Å². The van der Waals surface area contributed by atoms with E-state index in [-0.39, 0.29) is 23.0 Å². The molecule has 3 aliphatic carbocycles. The van der Waals surface area contributed by atoms with E-state index in [0.717, 1.165) is 27.2 Å². The maximum Gasteiger partial charge on any atom is 0.335 e. The zero-order chi connectivity index (χ0) is 23.1. The SMILES string of the molecule is CC(=O)C12c3ccccc3C(c3ccccc31)[C@@H]1C(=O)N(c3cccc(C(=O)O)c3)C(=O)[C@H]12. The van der Waals surface area contributed by atoms with Crippen molar-refractivity contribution in [3.8, 4) is 0 Å². The molecule has 1 heterocycles. The Morgan fingerprint density at radius 3 is 2.03 bits per heavy atom. The average molecular weight is 437 g/mol. The molecule has 1 N–H and O–H groups in total. The first kappa shape index (κ1) is 19.6. The van der Waals surface area contributed by atoms with Gasteiger partial charge in [-0.25, -0.2) is 9.69 Å². The Bertz CT molecular complexity index is 1360. The van der Waals surface area contributed by atoms with Gasteiger partial charge in [-0.3, -0.25) is 14.4 Å². The quantitative estimate of drug-likeness (QED) is 0.633. The van der Waals surface area contributed by atoms with E-state index in [1.165, 1.54) is 25.1 Å². The van der Waals surface area contributed by atoms with Crippen molar-refractivity contribution in [1.82, 2.24) is 0 Å². The molecule has 7 rings (SSSR count). The predicted octanol–water partition coefficient (Wildman–Crippen LogP) is 3.52. The number of hydrogen-bond donors (Lipinski definition) is 1. The number of anilines is 1. The Balaban J connectivity index is 1.64. The highest BCUT2D eigenvalue weighted by Gasteiger charge is 2.69. The number of Topliss-reactive ketones (excluding diaryl/α,β-unsaturated/α-hetero) is 1. The number of carbonyl (C=O) groups is 4. The number of benzene rings is 3. The number of carbonyl (C=O) groups excluding carboxylic acids is 3. The third-order valence-corrected chi connectivity index (χ3v) is 7.52. The van der Waals surface area contributed by atoms with Crippen LogP contribution >= 0.6 is 0 Å². The lowest BCUT2D eigenvalue weighted by Crippen LogP contribution is -2.57. The first-order valence-electron chi connectivity index (χ1n) is 10.8. The Hall–Kier alpha value is -4.06. The summed E-state index contributed by atoms with van der Waals surface area (Å²) >= 11 is 0. The van der Waals surface area contributed by atoms with Gasteiger partial charge in [-0.1, -0.05) is 54.6 Å². The molecule has 2 amide bonds. The number of hydrogen-bond acceptors (Lipinski definition) is 4. The molecule has 33 heavy (non-hydrogen) atoms. The van der Waals surface area contributed by atoms with Gasteiger partial charge in [-0.15, -0.1) is 0 Å². The maximum absolute atomic E-state index is 14.0. The summed E-state index contributed by atoms with van der Waals surface area (Å²) in [5, 5.41) is 9.40. The molecular formula is C27H19NO5. The molecule has 6 nitrogen and oxygen atoms in total. The zero-order valence-electron chi connectivity index (χ0n) is 17.7. The number of carboxylic acids is 1. The van der Waals surface area contributed by atoms with Crippen LogP contribution in [0.3, 0.4) is 0 Å². The van der Waals surface area contributed by atoms with E-state index in [2.05, 4.69) is 0 Å². The lowest BCUT2D eigenvalue weighted by atomic mass is 9.46. The number of imide groups is 1. The van der Waals surface area contributed by atoms with Gasteiger partial charge in [0.05, 0.1) is 28.5 Å². The monoisotopic (exact) mass is 437 g/mol. The van der Waals surface area contributed by atoms with Crippen LogP contribution in [0.15, 0.2) is 72.8 Å². The van der Waals surface area contributed by atoms with Gasteiger partial charge in [0.25, 0.3) is 0 Å². The lowest BCUT2D eigenvalue weighted by Gasteiger charge is -2.52. The Labute approximate surface area is 189 Å². The van der Waals surface area contributed by atoms with Crippen LogP contribution in [0.4, 0.5) is 5.69 Å². The third kappa shape index (κ3) is 2.22. The van der Waals surface area contributed by atoms with Crippen molar-refractivity contribution in [2.75, 3.05) is 4.90 Å². The molecule has 1 aliphatic heterocycles. The number of rotatable bonds is 3. The molecule has 6 heteroatoms. The summed E-state index contributed by atoms with van der Waals surface area (Å²) in [6.07, 6.45) is 0. The van der Waals surface area contributed by atoms with Crippen LogP contribution in [0.25, 0.3) is 0 Å². The number of ketones is 1. The molecule has 162 valence electrons. The number of carboxylic acid groups (broad SMARTS) is 1. The van der Waals surface area contributed by atoms with Crippen molar-refractivity contribution < 1.29 is 24.3 Å². The van der Waals surface area contributed by atoms with Gasteiger partial charge in [-0.2, -0.15) is 0 Å². The summed E-state index contributed by atoms with van der Waals surface area (Å²) in [5.74, 6) is -4.16. The Kier molecular flexibility index (Phi) is 3.85. The van der Waals surface area contributed by atoms with Gasteiger partial charge in [0.1, 0.15) is 5.78 Å². The summed E-state index contributed by atoms with van der Waals surface area (Å²) in [6, 6.07) is 21.0. The largest absolute Gasteiger partial charge is 0.478 e. The molecule has 1 saturated heterocycles. The van der Waals surface area contributed by atoms with E-state index in [9.17, 15) is 24.3 Å². The van der Waals surface area contributed by atoms with Gasteiger partial charge in [0.15, 0.2) is 0 Å². The topological polar surface area (TPSA) is 91.8 Å². The second kappa shape index (κ2) is 6.48. The van der Waals surface area contributed by atoms with Crippen LogP contribution in [0.1, 0.15) is 45.5 Å². The molecule has 2 atom stereocenters. The predicted molar refractivity (Wildman–Crippen MR) is 119 cm³/mol. The Morgan fingerprint density at radius 1 is 0.848 bits per heavy atom. The van der Waals surface area contributed by atoms with E-state index < -0.39 is 35.0 Å². The van der Waals surface area contributed by atoms with Crippen LogP contribution in [0.5, 0.6) is 0 Å². The number of nitrogens with zero attached hydrogens (tertiary/aromatic N) is 1. The van der Waals surface area contributed by atoms with E-state index in [4.69, 9.17) is 0 Å². The van der Waals surface area contributed by atoms with Gasteiger partial charge in [-0.05, 0) is 47.4 Å². The highest BCUT2D eigenvalue weighted by atomic mass is 16.4. The highest BCUT2D eigenvalue weighted by molar-refractivity contribution is 6.25. The fourth-order valence-corrected chi connectivity index (χ4v) is 6.40. The minimum atomic E-state index is -1.27.